The topological polar surface area (TPSA) is 67.4 Å². The van der Waals surface area contributed by atoms with Crippen LogP contribution in [0.15, 0.2) is 52.1 Å². The van der Waals surface area contributed by atoms with Crippen LogP contribution in [0.5, 0.6) is 0 Å². The third-order valence-electron chi connectivity index (χ3n) is 3.94. The molecule has 3 aromatic rings. The number of guanidine groups is 1. The van der Waals surface area contributed by atoms with E-state index in [0.29, 0.717) is 0 Å². The Labute approximate surface area is 164 Å². The van der Waals surface area contributed by atoms with E-state index in [2.05, 4.69) is 31.2 Å². The van der Waals surface area contributed by atoms with E-state index in [4.69, 9.17) is 4.42 Å². The number of rotatable bonds is 6. The molecule has 0 aliphatic rings. The lowest BCUT2D eigenvalue weighted by atomic mass is 10.3. The van der Waals surface area contributed by atoms with E-state index in [-0.39, 0.29) is 24.0 Å². The van der Waals surface area contributed by atoms with Crippen molar-refractivity contribution in [2.45, 2.75) is 19.9 Å². The van der Waals surface area contributed by atoms with Crippen LogP contribution in [0.1, 0.15) is 11.6 Å². The molecule has 0 radical (unpaired) electrons. The number of benzene rings is 1. The molecule has 0 spiro atoms. The highest BCUT2D eigenvalue weighted by molar-refractivity contribution is 14.0. The summed E-state index contributed by atoms with van der Waals surface area (Å²) in [7, 11) is 1.78. The third kappa shape index (κ3) is 4.97. The Morgan fingerprint density at radius 2 is 1.96 bits per heavy atom. The third-order valence-corrected chi connectivity index (χ3v) is 3.94. The van der Waals surface area contributed by atoms with Crippen molar-refractivity contribution in [3.05, 3.63) is 54.2 Å². The van der Waals surface area contributed by atoms with Gasteiger partial charge in [-0.25, -0.2) is 4.98 Å². The van der Waals surface area contributed by atoms with Gasteiger partial charge in [-0.3, -0.25) is 4.99 Å². The monoisotopic (exact) mass is 453 g/mol. The zero-order chi connectivity index (χ0) is 16.8. The van der Waals surface area contributed by atoms with Gasteiger partial charge in [0.05, 0.1) is 17.3 Å². The molecule has 3 rings (SSSR count). The van der Waals surface area contributed by atoms with Gasteiger partial charge in [-0.05, 0) is 31.2 Å². The van der Waals surface area contributed by atoms with Gasteiger partial charge in [0.25, 0.3) is 0 Å². The van der Waals surface area contributed by atoms with Gasteiger partial charge in [-0.2, -0.15) is 0 Å². The summed E-state index contributed by atoms with van der Waals surface area (Å²) in [4.78, 5) is 8.84. The molecule has 0 saturated heterocycles. The fourth-order valence-corrected chi connectivity index (χ4v) is 2.74. The fraction of sp³-hybridized carbons (Fsp3) is 0.333. The largest absolute Gasteiger partial charge is 0.469 e. The van der Waals surface area contributed by atoms with Crippen LogP contribution < -0.4 is 10.6 Å². The summed E-state index contributed by atoms with van der Waals surface area (Å²) in [5.74, 6) is 2.79. The lowest BCUT2D eigenvalue weighted by Gasteiger charge is -2.12. The van der Waals surface area contributed by atoms with Gasteiger partial charge in [-0.1, -0.05) is 12.1 Å². The van der Waals surface area contributed by atoms with Crippen LogP contribution in [0, 0.1) is 6.92 Å². The van der Waals surface area contributed by atoms with E-state index < -0.39 is 0 Å². The first-order chi connectivity index (χ1) is 11.8. The quantitative estimate of drug-likeness (QED) is 0.342. The summed E-state index contributed by atoms with van der Waals surface area (Å²) in [5.41, 5.74) is 2.20. The van der Waals surface area contributed by atoms with Gasteiger partial charge in [0.2, 0.25) is 0 Å². The molecule has 0 saturated carbocycles. The second kappa shape index (κ2) is 9.45. The summed E-state index contributed by atoms with van der Waals surface area (Å²) in [5, 5.41) is 6.63. The molecule has 0 amide bonds. The molecule has 0 bridgehead atoms. The molecule has 0 atom stereocenters. The molecular weight excluding hydrogens is 429 g/mol. The number of halogens is 1. The van der Waals surface area contributed by atoms with E-state index in [1.807, 2.05) is 37.3 Å². The van der Waals surface area contributed by atoms with E-state index in [1.165, 1.54) is 0 Å². The van der Waals surface area contributed by atoms with Crippen LogP contribution in [0.25, 0.3) is 11.0 Å². The molecule has 2 aromatic heterocycles. The Morgan fingerprint density at radius 3 is 2.72 bits per heavy atom. The van der Waals surface area contributed by atoms with Crippen molar-refractivity contribution in [2.75, 3.05) is 20.1 Å². The maximum Gasteiger partial charge on any atom is 0.191 e. The van der Waals surface area contributed by atoms with Gasteiger partial charge in [0, 0.05) is 33.1 Å². The summed E-state index contributed by atoms with van der Waals surface area (Å²) in [6.45, 7) is 4.43. The van der Waals surface area contributed by atoms with Crippen molar-refractivity contribution in [1.29, 1.82) is 0 Å². The van der Waals surface area contributed by atoms with Gasteiger partial charge in [0.1, 0.15) is 11.6 Å². The molecule has 2 N–H and O–H groups in total. The zero-order valence-electron chi connectivity index (χ0n) is 14.5. The highest BCUT2D eigenvalue weighted by Crippen LogP contribution is 2.14. The second-order valence-electron chi connectivity index (χ2n) is 5.55. The first kappa shape index (κ1) is 19.3. The number of nitrogens with zero attached hydrogens (tertiary/aromatic N) is 3. The number of aryl methyl sites for hydroxylation is 1. The smallest absolute Gasteiger partial charge is 0.191 e. The zero-order valence-corrected chi connectivity index (χ0v) is 16.9. The predicted molar refractivity (Wildman–Crippen MR) is 112 cm³/mol. The van der Waals surface area contributed by atoms with Crippen molar-refractivity contribution in [3.8, 4) is 0 Å². The number of imidazole rings is 1. The molecule has 0 aliphatic carbocycles. The molecule has 1 aromatic carbocycles. The number of fused-ring (bicyclic) bond motifs is 1. The first-order valence-corrected chi connectivity index (χ1v) is 8.16. The van der Waals surface area contributed by atoms with E-state index in [9.17, 15) is 0 Å². The predicted octanol–water partition coefficient (Wildman–Crippen LogP) is 2.96. The van der Waals surface area contributed by atoms with Crippen LogP contribution in [-0.2, 0) is 13.0 Å². The van der Waals surface area contributed by atoms with Crippen LogP contribution >= 0.6 is 24.0 Å². The molecule has 7 heteroatoms. The number of hydrogen-bond acceptors (Lipinski definition) is 3. The van der Waals surface area contributed by atoms with E-state index in [1.54, 1.807) is 13.3 Å². The first-order valence-electron chi connectivity index (χ1n) is 8.16. The normalized spacial score (nSPS) is 11.4. The van der Waals surface area contributed by atoms with Crippen LogP contribution in [0.4, 0.5) is 0 Å². The highest BCUT2D eigenvalue weighted by atomic mass is 127. The Balaban J connectivity index is 0.00000225. The summed E-state index contributed by atoms with van der Waals surface area (Å²) in [6.07, 6.45) is 2.53. The average Bonchev–Trinajstić information content (AvgIpc) is 3.21. The summed E-state index contributed by atoms with van der Waals surface area (Å²) < 4.78 is 7.54. The molecule has 2 heterocycles. The van der Waals surface area contributed by atoms with Crippen molar-refractivity contribution in [3.63, 3.8) is 0 Å². The van der Waals surface area contributed by atoms with Crippen LogP contribution in [-0.4, -0.2) is 35.6 Å². The van der Waals surface area contributed by atoms with Gasteiger partial charge in [0.15, 0.2) is 5.96 Å². The fourth-order valence-electron chi connectivity index (χ4n) is 2.74. The van der Waals surface area contributed by atoms with Crippen LogP contribution in [0.3, 0.4) is 0 Å². The summed E-state index contributed by atoms with van der Waals surface area (Å²) >= 11 is 0. The molecule has 0 fully saturated rings. The number of furan rings is 1. The van der Waals surface area contributed by atoms with Crippen molar-refractivity contribution in [2.24, 2.45) is 4.99 Å². The van der Waals surface area contributed by atoms with Gasteiger partial charge in [-0.15, -0.1) is 24.0 Å². The van der Waals surface area contributed by atoms with Crippen molar-refractivity contribution < 1.29 is 4.42 Å². The van der Waals surface area contributed by atoms with Crippen molar-refractivity contribution >= 4 is 41.0 Å². The molecule has 0 unspecified atom stereocenters. The number of aromatic nitrogens is 2. The molecule has 6 nitrogen and oxygen atoms in total. The van der Waals surface area contributed by atoms with E-state index in [0.717, 1.165) is 54.6 Å². The summed E-state index contributed by atoms with van der Waals surface area (Å²) in [6, 6.07) is 12.1. The van der Waals surface area contributed by atoms with Crippen LogP contribution in [0.2, 0.25) is 0 Å². The minimum atomic E-state index is 0. The lowest BCUT2D eigenvalue weighted by Crippen LogP contribution is -2.39. The molecule has 0 aliphatic heterocycles. The van der Waals surface area contributed by atoms with Gasteiger partial charge < -0.3 is 19.6 Å². The standard InChI is InChI=1S/C18H23N5O.HI/c1-14-22-16-7-3-4-8-17(16)23(14)12-11-21-18(19-2)20-10-9-15-6-5-13-24-15;/h3-8,13H,9-12H2,1-2H3,(H2,19,20,21);1H. The minimum absolute atomic E-state index is 0. The Kier molecular flexibility index (Phi) is 7.30. The number of hydrogen-bond donors (Lipinski definition) is 2. The molecule has 134 valence electrons. The van der Waals surface area contributed by atoms with Gasteiger partial charge >= 0.3 is 0 Å². The Bertz CT molecular complexity index is 810. The number of nitrogens with one attached hydrogen (secondary N) is 2. The van der Waals surface area contributed by atoms with E-state index >= 15 is 0 Å². The second-order valence-corrected chi connectivity index (χ2v) is 5.55. The SMILES string of the molecule is CN=C(NCCc1ccco1)NCCn1c(C)nc2ccccc21.I. The Hall–Kier alpha value is -2.03. The van der Waals surface area contributed by atoms with Crippen molar-refractivity contribution in [1.82, 2.24) is 20.2 Å². The number of aliphatic imine (C=N–C) groups is 1. The minimum Gasteiger partial charge on any atom is -0.469 e. The number of para-hydroxylation sites is 2. The molecular formula is C18H24IN5O. The molecule has 25 heavy (non-hydrogen) atoms. The highest BCUT2D eigenvalue weighted by Gasteiger charge is 2.06. The lowest BCUT2D eigenvalue weighted by molar-refractivity contribution is 0.506. The average molecular weight is 453 g/mol. The Morgan fingerprint density at radius 1 is 1.16 bits per heavy atom. The maximum atomic E-state index is 5.32. The maximum absolute atomic E-state index is 5.32.